The number of benzene rings is 1. The van der Waals surface area contributed by atoms with E-state index < -0.39 is 0 Å². The second-order valence-electron chi connectivity index (χ2n) is 5.56. The maximum Gasteiger partial charge on any atom is 0.116 e. The summed E-state index contributed by atoms with van der Waals surface area (Å²) in [4.78, 5) is 6.15. The molecule has 0 radical (unpaired) electrons. The second-order valence-corrected chi connectivity index (χ2v) is 7.09. The summed E-state index contributed by atoms with van der Waals surface area (Å²) in [7, 11) is 0. The lowest BCUT2D eigenvalue weighted by molar-refractivity contribution is 0.570. The van der Waals surface area contributed by atoms with Gasteiger partial charge in [-0.2, -0.15) is 0 Å². The van der Waals surface area contributed by atoms with E-state index >= 15 is 0 Å². The molecular weight excluding hydrogens is 272 g/mol. The van der Waals surface area contributed by atoms with Gasteiger partial charge in [0.15, 0.2) is 0 Å². The highest BCUT2D eigenvalue weighted by Crippen LogP contribution is 2.30. The summed E-state index contributed by atoms with van der Waals surface area (Å²) in [5.74, 6) is 0. The molecular formula is C15H18N2S2. The largest absolute Gasteiger partial charge is 0.389 e. The normalized spacial score (nSPS) is 11.5. The molecule has 0 unspecified atom stereocenters. The van der Waals surface area contributed by atoms with Crippen LogP contribution in [0.5, 0.6) is 0 Å². The fourth-order valence-electron chi connectivity index (χ4n) is 1.89. The van der Waals surface area contributed by atoms with Crippen LogP contribution in [0, 0.1) is 0 Å². The molecule has 2 rings (SSSR count). The molecule has 0 atom stereocenters. The minimum absolute atomic E-state index is 0.0375. The SMILES string of the molecule is CC(C)(C)c1nc(Cc2ccccc2)sc1C(N)=S. The standard InChI is InChI=1S/C15H18N2S2/c1-15(2,3)13-12(14(16)18)19-11(17-13)9-10-7-5-4-6-8-10/h4-8H,9H2,1-3H3,(H2,16,18). The molecule has 0 saturated carbocycles. The summed E-state index contributed by atoms with van der Waals surface area (Å²) in [5.41, 5.74) is 8.05. The van der Waals surface area contributed by atoms with Crippen LogP contribution in [-0.4, -0.2) is 9.97 Å². The van der Waals surface area contributed by atoms with Gasteiger partial charge >= 0.3 is 0 Å². The third-order valence-corrected chi connectivity index (χ3v) is 4.23. The van der Waals surface area contributed by atoms with Crippen LogP contribution in [0.3, 0.4) is 0 Å². The molecule has 0 saturated heterocycles. The van der Waals surface area contributed by atoms with E-state index in [0.29, 0.717) is 4.99 Å². The highest BCUT2D eigenvalue weighted by Gasteiger charge is 2.24. The summed E-state index contributed by atoms with van der Waals surface area (Å²) in [6, 6.07) is 10.3. The van der Waals surface area contributed by atoms with Crippen LogP contribution in [0.25, 0.3) is 0 Å². The maximum atomic E-state index is 5.82. The lowest BCUT2D eigenvalue weighted by atomic mass is 9.91. The Morgan fingerprint density at radius 1 is 1.26 bits per heavy atom. The highest BCUT2D eigenvalue weighted by atomic mass is 32.1. The van der Waals surface area contributed by atoms with Crippen LogP contribution in [0.4, 0.5) is 0 Å². The first kappa shape index (κ1) is 14.2. The zero-order valence-corrected chi connectivity index (χ0v) is 13.1. The Morgan fingerprint density at radius 3 is 2.37 bits per heavy atom. The Morgan fingerprint density at radius 2 is 1.89 bits per heavy atom. The van der Waals surface area contributed by atoms with Crippen molar-refractivity contribution in [1.82, 2.24) is 4.98 Å². The molecule has 4 heteroatoms. The lowest BCUT2D eigenvalue weighted by Crippen LogP contribution is -2.19. The van der Waals surface area contributed by atoms with Crippen molar-refractivity contribution >= 4 is 28.5 Å². The number of rotatable bonds is 3. The topological polar surface area (TPSA) is 38.9 Å². The van der Waals surface area contributed by atoms with Crippen molar-refractivity contribution in [1.29, 1.82) is 0 Å². The summed E-state index contributed by atoms with van der Waals surface area (Å²) < 4.78 is 0. The molecule has 0 aliphatic carbocycles. The number of thiocarbonyl (C=S) groups is 1. The van der Waals surface area contributed by atoms with E-state index in [1.807, 2.05) is 18.2 Å². The Hall–Kier alpha value is -1.26. The van der Waals surface area contributed by atoms with Gasteiger partial charge in [-0.25, -0.2) is 4.98 Å². The van der Waals surface area contributed by atoms with E-state index in [0.717, 1.165) is 22.0 Å². The number of nitrogens with zero attached hydrogens (tertiary/aromatic N) is 1. The van der Waals surface area contributed by atoms with Crippen LogP contribution < -0.4 is 5.73 Å². The molecule has 0 aliphatic rings. The van der Waals surface area contributed by atoms with Crippen LogP contribution in [0.2, 0.25) is 0 Å². The summed E-state index contributed by atoms with van der Waals surface area (Å²) in [6.45, 7) is 6.41. The van der Waals surface area contributed by atoms with Crippen molar-refractivity contribution in [2.45, 2.75) is 32.6 Å². The van der Waals surface area contributed by atoms with Gasteiger partial charge in [0, 0.05) is 11.8 Å². The highest BCUT2D eigenvalue weighted by molar-refractivity contribution is 7.81. The summed E-state index contributed by atoms with van der Waals surface area (Å²) in [5, 5.41) is 1.07. The van der Waals surface area contributed by atoms with E-state index in [4.69, 9.17) is 22.9 Å². The first-order valence-corrected chi connectivity index (χ1v) is 7.44. The number of thiazole rings is 1. The van der Waals surface area contributed by atoms with Gasteiger partial charge in [-0.3, -0.25) is 0 Å². The molecule has 0 amide bonds. The van der Waals surface area contributed by atoms with E-state index in [9.17, 15) is 0 Å². The Balaban J connectivity index is 2.36. The van der Waals surface area contributed by atoms with Crippen molar-refractivity contribution in [3.63, 3.8) is 0 Å². The third-order valence-electron chi connectivity index (χ3n) is 2.80. The van der Waals surface area contributed by atoms with Crippen LogP contribution in [0.1, 0.15) is 41.9 Å². The molecule has 1 aromatic heterocycles. The molecule has 1 aromatic carbocycles. The minimum Gasteiger partial charge on any atom is -0.389 e. The zero-order valence-electron chi connectivity index (χ0n) is 11.4. The van der Waals surface area contributed by atoms with E-state index in [-0.39, 0.29) is 5.41 Å². The Labute approximate surface area is 123 Å². The quantitative estimate of drug-likeness (QED) is 0.877. The summed E-state index contributed by atoms with van der Waals surface area (Å²) in [6.07, 6.45) is 0.831. The van der Waals surface area contributed by atoms with Crippen molar-refractivity contribution in [3.05, 3.63) is 51.5 Å². The van der Waals surface area contributed by atoms with Gasteiger partial charge in [0.1, 0.15) is 4.99 Å². The molecule has 1 heterocycles. The second kappa shape index (κ2) is 5.39. The number of aromatic nitrogens is 1. The lowest BCUT2D eigenvalue weighted by Gasteiger charge is -2.16. The van der Waals surface area contributed by atoms with Gasteiger partial charge < -0.3 is 5.73 Å². The van der Waals surface area contributed by atoms with Gasteiger partial charge in [0.2, 0.25) is 0 Å². The Bertz CT molecular complexity index is 580. The van der Waals surface area contributed by atoms with Crippen LogP contribution >= 0.6 is 23.6 Å². The molecule has 19 heavy (non-hydrogen) atoms. The summed E-state index contributed by atoms with van der Waals surface area (Å²) >= 11 is 6.76. The predicted molar refractivity (Wildman–Crippen MR) is 85.9 cm³/mol. The first-order valence-electron chi connectivity index (χ1n) is 6.22. The fraction of sp³-hybridized carbons (Fsp3) is 0.333. The molecule has 0 fully saturated rings. The van der Waals surface area contributed by atoms with E-state index in [1.165, 1.54) is 5.56 Å². The molecule has 2 aromatic rings. The van der Waals surface area contributed by atoms with Crippen molar-refractivity contribution in [2.75, 3.05) is 0 Å². The molecule has 0 aliphatic heterocycles. The molecule has 100 valence electrons. The monoisotopic (exact) mass is 290 g/mol. The van der Waals surface area contributed by atoms with Gasteiger partial charge in [0.05, 0.1) is 15.6 Å². The average Bonchev–Trinajstić information content (AvgIpc) is 2.74. The van der Waals surface area contributed by atoms with Crippen molar-refractivity contribution in [2.24, 2.45) is 5.73 Å². The van der Waals surface area contributed by atoms with Crippen molar-refractivity contribution in [3.8, 4) is 0 Å². The molecule has 0 spiro atoms. The minimum atomic E-state index is -0.0375. The average molecular weight is 290 g/mol. The number of hydrogen-bond acceptors (Lipinski definition) is 3. The zero-order chi connectivity index (χ0) is 14.0. The van der Waals surface area contributed by atoms with Crippen LogP contribution in [-0.2, 0) is 11.8 Å². The maximum absolute atomic E-state index is 5.82. The van der Waals surface area contributed by atoms with Gasteiger partial charge in [-0.05, 0) is 5.56 Å². The van der Waals surface area contributed by atoms with Crippen molar-refractivity contribution < 1.29 is 0 Å². The number of hydrogen-bond donors (Lipinski definition) is 1. The number of nitrogens with two attached hydrogens (primary N) is 1. The first-order chi connectivity index (χ1) is 8.88. The van der Waals surface area contributed by atoms with Gasteiger partial charge in [-0.1, -0.05) is 63.3 Å². The van der Waals surface area contributed by atoms with E-state index in [1.54, 1.807) is 11.3 Å². The third kappa shape index (κ3) is 3.39. The van der Waals surface area contributed by atoms with E-state index in [2.05, 4.69) is 32.9 Å². The smallest absolute Gasteiger partial charge is 0.116 e. The van der Waals surface area contributed by atoms with Gasteiger partial charge in [0.25, 0.3) is 0 Å². The predicted octanol–water partition coefficient (Wildman–Crippen LogP) is 3.67. The van der Waals surface area contributed by atoms with Gasteiger partial charge in [-0.15, -0.1) is 11.3 Å². The molecule has 2 nitrogen and oxygen atoms in total. The Kier molecular flexibility index (Phi) is 4.02. The molecule has 2 N–H and O–H groups in total. The fourth-order valence-corrected chi connectivity index (χ4v) is 3.27. The van der Waals surface area contributed by atoms with Crippen LogP contribution in [0.15, 0.2) is 30.3 Å². The molecule has 0 bridgehead atoms.